The van der Waals surface area contributed by atoms with Crippen LogP contribution in [0, 0.1) is 0 Å². The van der Waals surface area contributed by atoms with Crippen LogP contribution in [0.5, 0.6) is 5.75 Å². The third-order valence-electron chi connectivity index (χ3n) is 4.21. The van der Waals surface area contributed by atoms with E-state index in [0.717, 1.165) is 16.1 Å². The van der Waals surface area contributed by atoms with E-state index >= 15 is 0 Å². The molecule has 0 heterocycles. The summed E-state index contributed by atoms with van der Waals surface area (Å²) in [5.74, 6) is 0.370. The van der Waals surface area contributed by atoms with Gasteiger partial charge < -0.3 is 9.64 Å². The van der Waals surface area contributed by atoms with Crippen molar-refractivity contribution in [3.8, 4) is 5.75 Å². The molecule has 2 rings (SSSR count). The standard InChI is InChI=1S/C19H24N2O4S/c1-20(14-16-12-8-9-13-17(16)25-3)19(22)18(21(2)26(4,23)24)15-10-6-5-7-11-15/h5-13,18H,14H2,1-4H3/t18-/m1/s1. The number of sulfonamides is 1. The van der Waals surface area contributed by atoms with Crippen LogP contribution in [0.2, 0.25) is 0 Å². The smallest absolute Gasteiger partial charge is 0.245 e. The number of carbonyl (C=O) groups is 1. The Morgan fingerprint density at radius 3 is 2.19 bits per heavy atom. The Hall–Kier alpha value is -2.38. The number of likely N-dealkylation sites (N-methyl/N-ethyl adjacent to an activating group) is 2. The lowest BCUT2D eigenvalue weighted by Crippen LogP contribution is -2.41. The molecular formula is C19H24N2O4S. The molecule has 0 aliphatic heterocycles. The maximum Gasteiger partial charge on any atom is 0.245 e. The van der Waals surface area contributed by atoms with Gasteiger partial charge in [-0.05, 0) is 11.6 Å². The second-order valence-electron chi connectivity index (χ2n) is 6.10. The number of hydrogen-bond acceptors (Lipinski definition) is 4. The first-order valence-corrected chi connectivity index (χ1v) is 9.95. The highest BCUT2D eigenvalue weighted by atomic mass is 32.2. The minimum atomic E-state index is -3.55. The van der Waals surface area contributed by atoms with Gasteiger partial charge in [0.1, 0.15) is 11.8 Å². The second kappa shape index (κ2) is 8.33. The van der Waals surface area contributed by atoms with Gasteiger partial charge in [0.2, 0.25) is 15.9 Å². The van der Waals surface area contributed by atoms with Crippen molar-refractivity contribution in [2.75, 3.05) is 27.5 Å². The molecule has 2 aromatic carbocycles. The summed E-state index contributed by atoms with van der Waals surface area (Å²) >= 11 is 0. The maximum atomic E-state index is 13.1. The maximum absolute atomic E-state index is 13.1. The summed E-state index contributed by atoms with van der Waals surface area (Å²) in [6.45, 7) is 0.309. The number of methoxy groups -OCH3 is 1. The summed E-state index contributed by atoms with van der Waals surface area (Å²) in [4.78, 5) is 14.6. The lowest BCUT2D eigenvalue weighted by atomic mass is 10.1. The van der Waals surface area contributed by atoms with E-state index in [1.54, 1.807) is 38.4 Å². The Bertz CT molecular complexity index is 853. The lowest BCUT2D eigenvalue weighted by Gasteiger charge is -2.30. The van der Waals surface area contributed by atoms with Crippen LogP contribution in [0.3, 0.4) is 0 Å². The summed E-state index contributed by atoms with van der Waals surface area (Å²) in [5.41, 5.74) is 1.47. The van der Waals surface area contributed by atoms with Crippen LogP contribution in [-0.4, -0.2) is 51.0 Å². The fourth-order valence-corrected chi connectivity index (χ4v) is 3.31. The number of carbonyl (C=O) groups excluding carboxylic acids is 1. The highest BCUT2D eigenvalue weighted by Gasteiger charge is 2.32. The predicted molar refractivity (Wildman–Crippen MR) is 101 cm³/mol. The van der Waals surface area contributed by atoms with Gasteiger partial charge in [-0.15, -0.1) is 0 Å². The number of hydrogen-bond donors (Lipinski definition) is 0. The molecule has 0 saturated carbocycles. The summed E-state index contributed by atoms with van der Waals surface area (Å²) < 4.78 is 30.6. The molecule has 26 heavy (non-hydrogen) atoms. The molecule has 1 atom stereocenters. The van der Waals surface area contributed by atoms with Crippen LogP contribution >= 0.6 is 0 Å². The van der Waals surface area contributed by atoms with Crippen molar-refractivity contribution in [1.82, 2.24) is 9.21 Å². The van der Waals surface area contributed by atoms with E-state index in [1.807, 2.05) is 30.3 Å². The van der Waals surface area contributed by atoms with E-state index in [1.165, 1.54) is 11.9 Å². The van der Waals surface area contributed by atoms with Crippen LogP contribution < -0.4 is 4.74 Å². The topological polar surface area (TPSA) is 66.9 Å². The van der Waals surface area contributed by atoms with E-state index in [2.05, 4.69) is 0 Å². The van der Waals surface area contributed by atoms with Crippen molar-refractivity contribution < 1.29 is 17.9 Å². The molecule has 0 fully saturated rings. The number of rotatable bonds is 7. The second-order valence-corrected chi connectivity index (χ2v) is 8.14. The molecule has 6 nitrogen and oxygen atoms in total. The Morgan fingerprint density at radius 1 is 1.04 bits per heavy atom. The van der Waals surface area contributed by atoms with Crippen molar-refractivity contribution in [3.05, 3.63) is 65.7 Å². The number of para-hydroxylation sites is 1. The van der Waals surface area contributed by atoms with Crippen LogP contribution in [0.4, 0.5) is 0 Å². The van der Waals surface area contributed by atoms with Gasteiger partial charge in [0.15, 0.2) is 0 Å². The summed E-state index contributed by atoms with van der Waals surface area (Å²) in [5, 5.41) is 0. The molecule has 0 aromatic heterocycles. The van der Waals surface area contributed by atoms with Crippen LogP contribution in [-0.2, 0) is 21.4 Å². The molecule has 0 spiro atoms. The first-order valence-electron chi connectivity index (χ1n) is 8.10. The fraction of sp³-hybridized carbons (Fsp3) is 0.316. The number of benzene rings is 2. The highest BCUT2D eigenvalue weighted by Crippen LogP contribution is 2.26. The first-order chi connectivity index (χ1) is 12.3. The quantitative estimate of drug-likeness (QED) is 0.744. The molecular weight excluding hydrogens is 352 g/mol. The van der Waals surface area contributed by atoms with Gasteiger partial charge in [-0.1, -0.05) is 48.5 Å². The molecule has 0 unspecified atom stereocenters. The number of amides is 1. The van der Waals surface area contributed by atoms with Crippen LogP contribution in [0.25, 0.3) is 0 Å². The predicted octanol–water partition coefficient (Wildman–Crippen LogP) is 2.29. The zero-order valence-corrected chi connectivity index (χ0v) is 16.2. The van der Waals surface area contributed by atoms with Crippen molar-refractivity contribution >= 4 is 15.9 Å². The molecule has 2 aromatic rings. The van der Waals surface area contributed by atoms with E-state index in [-0.39, 0.29) is 5.91 Å². The van der Waals surface area contributed by atoms with Gasteiger partial charge >= 0.3 is 0 Å². The van der Waals surface area contributed by atoms with E-state index in [0.29, 0.717) is 17.9 Å². The zero-order chi connectivity index (χ0) is 19.3. The van der Waals surface area contributed by atoms with Gasteiger partial charge in [0.25, 0.3) is 0 Å². The fourth-order valence-electron chi connectivity index (χ4n) is 2.71. The van der Waals surface area contributed by atoms with Crippen LogP contribution in [0.1, 0.15) is 17.2 Å². The molecule has 0 saturated heterocycles. The highest BCUT2D eigenvalue weighted by molar-refractivity contribution is 7.88. The van der Waals surface area contributed by atoms with Crippen molar-refractivity contribution in [2.24, 2.45) is 0 Å². The largest absolute Gasteiger partial charge is 0.496 e. The Balaban J connectivity index is 2.34. The summed E-state index contributed by atoms with van der Waals surface area (Å²) in [7, 11) is 1.09. The average Bonchev–Trinajstić information content (AvgIpc) is 2.62. The van der Waals surface area contributed by atoms with Crippen molar-refractivity contribution in [3.63, 3.8) is 0 Å². The molecule has 140 valence electrons. The Labute approximate surface area is 155 Å². The first kappa shape index (κ1) is 19.9. The van der Waals surface area contributed by atoms with E-state index in [9.17, 15) is 13.2 Å². The molecule has 7 heteroatoms. The van der Waals surface area contributed by atoms with Gasteiger partial charge in [0, 0.05) is 26.2 Å². The molecule has 0 N–H and O–H groups in total. The third-order valence-corrected chi connectivity index (χ3v) is 5.47. The zero-order valence-electron chi connectivity index (χ0n) is 15.4. The van der Waals surface area contributed by atoms with E-state index in [4.69, 9.17) is 4.74 Å². The van der Waals surface area contributed by atoms with Crippen molar-refractivity contribution in [1.29, 1.82) is 0 Å². The monoisotopic (exact) mass is 376 g/mol. The molecule has 0 aliphatic rings. The van der Waals surface area contributed by atoms with Gasteiger partial charge in [-0.2, -0.15) is 4.31 Å². The van der Waals surface area contributed by atoms with Gasteiger partial charge in [-0.3, -0.25) is 4.79 Å². The summed E-state index contributed by atoms with van der Waals surface area (Å²) in [6.07, 6.45) is 1.09. The Morgan fingerprint density at radius 2 is 1.62 bits per heavy atom. The minimum absolute atomic E-state index is 0.309. The lowest BCUT2D eigenvalue weighted by molar-refractivity contribution is -0.134. The van der Waals surface area contributed by atoms with Gasteiger partial charge in [-0.25, -0.2) is 8.42 Å². The molecule has 0 aliphatic carbocycles. The molecule has 0 bridgehead atoms. The molecule has 1 amide bonds. The van der Waals surface area contributed by atoms with Crippen molar-refractivity contribution in [2.45, 2.75) is 12.6 Å². The van der Waals surface area contributed by atoms with E-state index < -0.39 is 16.1 Å². The average molecular weight is 376 g/mol. The number of ether oxygens (including phenoxy) is 1. The van der Waals surface area contributed by atoms with Crippen LogP contribution in [0.15, 0.2) is 54.6 Å². The normalized spacial score (nSPS) is 12.7. The number of nitrogens with zero attached hydrogens (tertiary/aromatic N) is 2. The molecule has 0 radical (unpaired) electrons. The minimum Gasteiger partial charge on any atom is -0.496 e. The Kier molecular flexibility index (Phi) is 6.39. The third kappa shape index (κ3) is 4.62. The SMILES string of the molecule is COc1ccccc1CN(C)C(=O)[C@@H](c1ccccc1)N(C)S(C)(=O)=O. The summed E-state index contributed by atoms with van der Waals surface area (Å²) in [6, 6.07) is 15.4. The van der Waals surface area contributed by atoms with Gasteiger partial charge in [0.05, 0.1) is 13.4 Å².